The number of aryl methyl sites for hydroxylation is 1. The molecule has 3 heteroatoms. The Balaban J connectivity index is 0.000000461. The molecule has 0 spiro atoms. The number of hydrogen-bond donors (Lipinski definition) is 1. The Bertz CT molecular complexity index is 262. The fourth-order valence-corrected chi connectivity index (χ4v) is 0.506. The summed E-state index contributed by atoms with van der Waals surface area (Å²) in [5, 5.41) is 8.80. The summed E-state index contributed by atoms with van der Waals surface area (Å²) < 4.78 is 4.69. The van der Waals surface area contributed by atoms with Gasteiger partial charge in [-0.05, 0) is 6.92 Å². The second-order valence-corrected chi connectivity index (χ2v) is 1.69. The van der Waals surface area contributed by atoms with Crippen molar-refractivity contribution in [3.05, 3.63) is 28.3 Å². The van der Waals surface area contributed by atoms with E-state index in [9.17, 15) is 4.79 Å². The van der Waals surface area contributed by atoms with Crippen molar-refractivity contribution in [2.45, 2.75) is 20.8 Å². The van der Waals surface area contributed by atoms with Crippen LogP contribution >= 0.6 is 0 Å². The summed E-state index contributed by atoms with van der Waals surface area (Å²) in [7, 11) is 0. The monoisotopic (exact) mass is 156 g/mol. The zero-order valence-corrected chi connectivity index (χ0v) is 6.92. The molecule has 0 atom stereocenters. The van der Waals surface area contributed by atoms with Crippen LogP contribution in [-0.4, -0.2) is 5.11 Å². The Morgan fingerprint density at radius 3 is 2.36 bits per heavy atom. The average molecular weight is 156 g/mol. The van der Waals surface area contributed by atoms with Crippen molar-refractivity contribution in [1.82, 2.24) is 0 Å². The Morgan fingerprint density at radius 2 is 2.00 bits per heavy atom. The molecule has 0 bridgehead atoms. The van der Waals surface area contributed by atoms with Gasteiger partial charge in [0, 0.05) is 6.07 Å². The van der Waals surface area contributed by atoms with Gasteiger partial charge in [0.25, 0.3) is 0 Å². The van der Waals surface area contributed by atoms with Crippen molar-refractivity contribution in [2.75, 3.05) is 0 Å². The highest BCUT2D eigenvalue weighted by Crippen LogP contribution is 2.06. The van der Waals surface area contributed by atoms with E-state index in [2.05, 4.69) is 4.42 Å². The van der Waals surface area contributed by atoms with Gasteiger partial charge in [0.15, 0.2) is 0 Å². The molecule has 0 saturated carbocycles. The third-order valence-electron chi connectivity index (χ3n) is 1.03. The third kappa shape index (κ3) is 2.45. The summed E-state index contributed by atoms with van der Waals surface area (Å²) in [5.74, 6) is -0.0556. The SMILES string of the molecule is CC.Cc1occc(=O)c1O. The first-order chi connectivity index (χ1) is 5.22. The molecule has 3 nitrogen and oxygen atoms in total. The van der Waals surface area contributed by atoms with Gasteiger partial charge in [-0.15, -0.1) is 0 Å². The summed E-state index contributed by atoms with van der Waals surface area (Å²) in [5.41, 5.74) is -0.404. The fourth-order valence-electron chi connectivity index (χ4n) is 0.506. The Labute approximate surface area is 65.3 Å². The van der Waals surface area contributed by atoms with E-state index in [-0.39, 0.29) is 11.5 Å². The van der Waals surface area contributed by atoms with Crippen molar-refractivity contribution in [1.29, 1.82) is 0 Å². The molecule has 1 rings (SSSR count). The Morgan fingerprint density at radius 1 is 1.45 bits per heavy atom. The number of hydrogen-bond acceptors (Lipinski definition) is 3. The maximum Gasteiger partial charge on any atom is 0.226 e. The largest absolute Gasteiger partial charge is 0.502 e. The van der Waals surface area contributed by atoms with Gasteiger partial charge in [0.05, 0.1) is 6.26 Å². The molecule has 1 heterocycles. The van der Waals surface area contributed by atoms with Crippen LogP contribution in [0.1, 0.15) is 19.6 Å². The van der Waals surface area contributed by atoms with E-state index in [1.54, 1.807) is 0 Å². The van der Waals surface area contributed by atoms with Crippen LogP contribution in [0.2, 0.25) is 0 Å². The van der Waals surface area contributed by atoms with E-state index in [4.69, 9.17) is 5.11 Å². The topological polar surface area (TPSA) is 50.4 Å². The molecule has 0 saturated heterocycles. The van der Waals surface area contributed by atoms with E-state index in [0.29, 0.717) is 0 Å². The van der Waals surface area contributed by atoms with E-state index in [1.165, 1.54) is 19.3 Å². The predicted octanol–water partition coefficient (Wildman–Crippen LogP) is 1.68. The van der Waals surface area contributed by atoms with Crippen LogP contribution in [0, 0.1) is 6.92 Å². The van der Waals surface area contributed by atoms with Gasteiger partial charge in [-0.2, -0.15) is 0 Å². The van der Waals surface area contributed by atoms with Crippen LogP contribution in [0.15, 0.2) is 21.5 Å². The zero-order chi connectivity index (χ0) is 8.85. The predicted molar refractivity (Wildman–Crippen MR) is 42.7 cm³/mol. The van der Waals surface area contributed by atoms with Gasteiger partial charge in [-0.25, -0.2) is 0 Å². The highest BCUT2D eigenvalue weighted by atomic mass is 16.4. The molecule has 1 aromatic rings. The molecule has 0 amide bonds. The summed E-state index contributed by atoms with van der Waals surface area (Å²) >= 11 is 0. The summed E-state index contributed by atoms with van der Waals surface area (Å²) in [4.78, 5) is 10.5. The third-order valence-corrected chi connectivity index (χ3v) is 1.03. The van der Waals surface area contributed by atoms with Crippen LogP contribution < -0.4 is 5.43 Å². The molecule has 0 unspecified atom stereocenters. The molecular weight excluding hydrogens is 144 g/mol. The summed E-state index contributed by atoms with van der Waals surface area (Å²) in [6, 6.07) is 1.17. The van der Waals surface area contributed by atoms with E-state index >= 15 is 0 Å². The standard InChI is InChI=1S/C6H6O3.C2H6/c1-4-6(8)5(7)2-3-9-4;1-2/h2-3,8H,1H3;1-2H3. The smallest absolute Gasteiger partial charge is 0.226 e. The van der Waals surface area contributed by atoms with Crippen LogP contribution in [0.4, 0.5) is 0 Å². The van der Waals surface area contributed by atoms with Gasteiger partial charge < -0.3 is 9.52 Å². The van der Waals surface area contributed by atoms with Crippen molar-refractivity contribution in [3.8, 4) is 5.75 Å². The maximum atomic E-state index is 10.5. The molecule has 1 aromatic heterocycles. The minimum absolute atomic E-state index is 0.252. The van der Waals surface area contributed by atoms with E-state index in [0.717, 1.165) is 0 Å². The average Bonchev–Trinajstić information content (AvgIpc) is 2.04. The van der Waals surface area contributed by atoms with Gasteiger partial charge >= 0.3 is 0 Å². The normalized spacial score (nSPS) is 8.27. The lowest BCUT2D eigenvalue weighted by Gasteiger charge is -1.91. The lowest BCUT2D eigenvalue weighted by molar-refractivity contribution is 0.411. The summed E-state index contributed by atoms with van der Waals surface area (Å²) in [6.07, 6.45) is 1.25. The minimum atomic E-state index is -0.404. The van der Waals surface area contributed by atoms with E-state index < -0.39 is 5.43 Å². The van der Waals surface area contributed by atoms with Crippen LogP contribution in [0.25, 0.3) is 0 Å². The highest BCUT2D eigenvalue weighted by Gasteiger charge is 1.98. The van der Waals surface area contributed by atoms with Crippen molar-refractivity contribution in [2.24, 2.45) is 0 Å². The van der Waals surface area contributed by atoms with Crippen molar-refractivity contribution in [3.63, 3.8) is 0 Å². The second kappa shape index (κ2) is 4.55. The lowest BCUT2D eigenvalue weighted by Crippen LogP contribution is -1.97. The van der Waals surface area contributed by atoms with Gasteiger partial charge in [0.2, 0.25) is 11.2 Å². The molecule has 0 aromatic carbocycles. The molecule has 11 heavy (non-hydrogen) atoms. The van der Waals surface area contributed by atoms with Gasteiger partial charge in [-0.1, -0.05) is 13.8 Å². The molecule has 0 radical (unpaired) electrons. The molecule has 0 aliphatic heterocycles. The van der Waals surface area contributed by atoms with E-state index in [1.807, 2.05) is 13.8 Å². The number of rotatable bonds is 0. The first-order valence-electron chi connectivity index (χ1n) is 3.49. The first-order valence-corrected chi connectivity index (χ1v) is 3.49. The molecule has 0 fully saturated rings. The fraction of sp³-hybridized carbons (Fsp3) is 0.375. The summed E-state index contributed by atoms with van der Waals surface area (Å²) in [6.45, 7) is 5.52. The van der Waals surface area contributed by atoms with Crippen molar-refractivity contribution < 1.29 is 9.52 Å². The van der Waals surface area contributed by atoms with Crippen molar-refractivity contribution >= 4 is 0 Å². The van der Waals surface area contributed by atoms with Crippen LogP contribution in [-0.2, 0) is 0 Å². The minimum Gasteiger partial charge on any atom is -0.502 e. The number of aromatic hydroxyl groups is 1. The first kappa shape index (κ1) is 9.75. The highest BCUT2D eigenvalue weighted by molar-refractivity contribution is 5.20. The molecule has 1 N–H and O–H groups in total. The molecule has 0 aliphatic rings. The zero-order valence-electron chi connectivity index (χ0n) is 6.92. The Kier molecular flexibility index (Phi) is 4.03. The quantitative estimate of drug-likeness (QED) is 0.621. The molecule has 62 valence electrons. The van der Waals surface area contributed by atoms with Crippen LogP contribution in [0.3, 0.4) is 0 Å². The van der Waals surface area contributed by atoms with Gasteiger partial charge in [-0.3, -0.25) is 4.79 Å². The van der Waals surface area contributed by atoms with Crippen LogP contribution in [0.5, 0.6) is 5.75 Å². The van der Waals surface area contributed by atoms with Gasteiger partial charge in [0.1, 0.15) is 5.76 Å². The Hall–Kier alpha value is -1.25. The molecular formula is C8H12O3. The maximum absolute atomic E-state index is 10.5. The molecule has 0 aliphatic carbocycles. The second-order valence-electron chi connectivity index (χ2n) is 1.69. The lowest BCUT2D eigenvalue weighted by atomic mass is 10.4.